The van der Waals surface area contributed by atoms with Gasteiger partial charge in [-0.3, -0.25) is 0 Å². The summed E-state index contributed by atoms with van der Waals surface area (Å²) in [6.45, 7) is 6.33. The number of hydrogen-bond donors (Lipinski definition) is 1. The van der Waals surface area contributed by atoms with E-state index in [4.69, 9.17) is 10.2 Å². The molecule has 0 aliphatic carbocycles. The van der Waals surface area contributed by atoms with Crippen molar-refractivity contribution in [3.05, 3.63) is 34.5 Å². The summed E-state index contributed by atoms with van der Waals surface area (Å²) in [5.74, 6) is 0.842. The van der Waals surface area contributed by atoms with Crippen LogP contribution in [0.4, 0.5) is 0 Å². The quantitative estimate of drug-likeness (QED) is 0.849. The second-order valence-corrected chi connectivity index (χ2v) is 6.00. The van der Waals surface area contributed by atoms with Crippen LogP contribution in [0, 0.1) is 5.41 Å². The van der Waals surface area contributed by atoms with E-state index in [1.165, 1.54) is 0 Å². The fourth-order valence-corrected chi connectivity index (χ4v) is 2.09. The van der Waals surface area contributed by atoms with Crippen LogP contribution >= 0.6 is 15.9 Å². The van der Waals surface area contributed by atoms with E-state index >= 15 is 0 Å². The Hall–Kier alpha value is -0.800. The highest BCUT2D eigenvalue weighted by molar-refractivity contribution is 9.10. The van der Waals surface area contributed by atoms with Crippen molar-refractivity contribution in [1.29, 1.82) is 0 Å². The zero-order chi connectivity index (χ0) is 11.9. The third-order valence-corrected chi connectivity index (χ3v) is 3.38. The van der Waals surface area contributed by atoms with Crippen LogP contribution < -0.4 is 5.73 Å². The van der Waals surface area contributed by atoms with Crippen LogP contribution in [0.1, 0.15) is 32.6 Å². The number of nitrogens with two attached hydrogens (primary N) is 1. The normalized spacial score (nSPS) is 14.3. The van der Waals surface area contributed by atoms with Gasteiger partial charge in [0.2, 0.25) is 0 Å². The lowest BCUT2D eigenvalue weighted by atomic mass is 9.86. The summed E-state index contributed by atoms with van der Waals surface area (Å²) in [6.07, 6.45) is 0. The van der Waals surface area contributed by atoms with Gasteiger partial charge in [0, 0.05) is 5.39 Å². The van der Waals surface area contributed by atoms with Crippen molar-refractivity contribution in [2.24, 2.45) is 11.1 Å². The molecule has 86 valence electrons. The third-order valence-electron chi connectivity index (χ3n) is 2.75. The molecule has 2 aromatic rings. The Morgan fingerprint density at radius 2 is 2.00 bits per heavy atom. The Kier molecular flexibility index (Phi) is 2.84. The molecule has 0 aliphatic heterocycles. The predicted octanol–water partition coefficient (Wildman–Crippen LogP) is 4.24. The van der Waals surface area contributed by atoms with Crippen LogP contribution in [-0.2, 0) is 0 Å². The predicted molar refractivity (Wildman–Crippen MR) is 70.3 cm³/mol. The lowest BCUT2D eigenvalue weighted by molar-refractivity contribution is 0.290. The number of rotatable bonds is 1. The maximum Gasteiger partial charge on any atom is 0.148 e. The number of furan rings is 1. The molecule has 1 aromatic carbocycles. The first kappa shape index (κ1) is 11.7. The minimum atomic E-state index is -0.0909. The number of fused-ring (bicyclic) bond motifs is 1. The molecule has 0 fully saturated rings. The lowest BCUT2D eigenvalue weighted by Crippen LogP contribution is -2.25. The summed E-state index contributed by atoms with van der Waals surface area (Å²) in [5, 5.41) is 1.09. The van der Waals surface area contributed by atoms with E-state index in [0.29, 0.717) is 0 Å². The molecule has 0 amide bonds. The monoisotopic (exact) mass is 281 g/mol. The van der Waals surface area contributed by atoms with E-state index in [1.54, 1.807) is 0 Å². The van der Waals surface area contributed by atoms with Crippen molar-refractivity contribution in [2.75, 3.05) is 0 Å². The molecule has 3 heteroatoms. The van der Waals surface area contributed by atoms with Crippen molar-refractivity contribution >= 4 is 26.9 Å². The Morgan fingerprint density at radius 1 is 1.31 bits per heavy atom. The molecule has 1 heterocycles. The molecule has 1 atom stereocenters. The molecule has 0 saturated carbocycles. The fraction of sp³-hybridized carbons (Fsp3) is 0.385. The Morgan fingerprint density at radius 3 is 2.56 bits per heavy atom. The first-order valence-electron chi connectivity index (χ1n) is 5.33. The highest BCUT2D eigenvalue weighted by Gasteiger charge is 2.25. The maximum absolute atomic E-state index is 6.18. The second kappa shape index (κ2) is 3.90. The van der Waals surface area contributed by atoms with Gasteiger partial charge in [-0.1, -0.05) is 32.9 Å². The van der Waals surface area contributed by atoms with Gasteiger partial charge >= 0.3 is 0 Å². The standard InChI is InChI=1S/C13H16BrNO/c1-13(2,3)12(15)10-7-8-5-4-6-9(14)11(8)16-10/h4-7,12H,15H2,1-3H3/t12-/m0/s1. The van der Waals surface area contributed by atoms with Crippen LogP contribution in [-0.4, -0.2) is 0 Å². The minimum absolute atomic E-state index is 0.000350. The smallest absolute Gasteiger partial charge is 0.148 e. The summed E-state index contributed by atoms with van der Waals surface area (Å²) in [6, 6.07) is 7.93. The largest absolute Gasteiger partial charge is 0.458 e. The van der Waals surface area contributed by atoms with E-state index in [1.807, 2.05) is 24.3 Å². The molecule has 1 aromatic heterocycles. The molecular formula is C13H16BrNO. The van der Waals surface area contributed by atoms with Crippen molar-refractivity contribution in [3.8, 4) is 0 Å². The Bertz CT molecular complexity index is 510. The van der Waals surface area contributed by atoms with Gasteiger partial charge in [-0.2, -0.15) is 0 Å². The molecule has 0 aliphatic rings. The topological polar surface area (TPSA) is 39.2 Å². The molecular weight excluding hydrogens is 266 g/mol. The van der Waals surface area contributed by atoms with Gasteiger partial charge in [-0.05, 0) is 33.5 Å². The van der Waals surface area contributed by atoms with Gasteiger partial charge in [0.15, 0.2) is 0 Å². The average molecular weight is 282 g/mol. The summed E-state index contributed by atoms with van der Waals surface area (Å²) >= 11 is 3.48. The van der Waals surface area contributed by atoms with E-state index in [-0.39, 0.29) is 11.5 Å². The summed E-state index contributed by atoms with van der Waals surface area (Å²) in [5.41, 5.74) is 7.05. The fourth-order valence-electron chi connectivity index (χ4n) is 1.63. The van der Waals surface area contributed by atoms with Crippen molar-refractivity contribution in [2.45, 2.75) is 26.8 Å². The summed E-state index contributed by atoms with van der Waals surface area (Å²) < 4.78 is 6.79. The van der Waals surface area contributed by atoms with Crippen LogP contribution in [0.3, 0.4) is 0 Å². The molecule has 0 spiro atoms. The van der Waals surface area contributed by atoms with E-state index in [2.05, 4.69) is 36.7 Å². The number of halogens is 1. The number of benzene rings is 1. The van der Waals surface area contributed by atoms with E-state index < -0.39 is 0 Å². The second-order valence-electron chi connectivity index (χ2n) is 5.15. The van der Waals surface area contributed by atoms with Crippen LogP contribution in [0.2, 0.25) is 0 Å². The lowest BCUT2D eigenvalue weighted by Gasteiger charge is -2.24. The van der Waals surface area contributed by atoms with E-state index in [9.17, 15) is 0 Å². The maximum atomic E-state index is 6.18. The van der Waals surface area contributed by atoms with Crippen molar-refractivity contribution in [1.82, 2.24) is 0 Å². The van der Waals surface area contributed by atoms with Crippen LogP contribution in [0.5, 0.6) is 0 Å². The molecule has 2 N–H and O–H groups in total. The van der Waals surface area contributed by atoms with Gasteiger partial charge in [0.05, 0.1) is 10.5 Å². The first-order valence-corrected chi connectivity index (χ1v) is 6.12. The van der Waals surface area contributed by atoms with Gasteiger partial charge in [0.1, 0.15) is 11.3 Å². The molecule has 0 bridgehead atoms. The zero-order valence-electron chi connectivity index (χ0n) is 9.75. The SMILES string of the molecule is CC(C)(C)[C@@H](N)c1cc2cccc(Br)c2o1. The number of hydrogen-bond acceptors (Lipinski definition) is 2. The molecule has 0 unspecified atom stereocenters. The third kappa shape index (κ3) is 2.02. The van der Waals surface area contributed by atoms with E-state index in [0.717, 1.165) is 21.2 Å². The van der Waals surface area contributed by atoms with Crippen LogP contribution in [0.25, 0.3) is 11.0 Å². The highest BCUT2D eigenvalue weighted by atomic mass is 79.9. The highest BCUT2D eigenvalue weighted by Crippen LogP contribution is 2.35. The average Bonchev–Trinajstić information content (AvgIpc) is 2.60. The molecule has 2 rings (SSSR count). The minimum Gasteiger partial charge on any atom is -0.458 e. The molecule has 0 radical (unpaired) electrons. The summed E-state index contributed by atoms with van der Waals surface area (Å²) in [4.78, 5) is 0. The van der Waals surface area contributed by atoms with Crippen LogP contribution in [0.15, 0.2) is 33.2 Å². The van der Waals surface area contributed by atoms with Gasteiger partial charge < -0.3 is 10.2 Å². The molecule has 2 nitrogen and oxygen atoms in total. The molecule has 16 heavy (non-hydrogen) atoms. The Balaban J connectivity index is 2.52. The van der Waals surface area contributed by atoms with Crippen molar-refractivity contribution < 1.29 is 4.42 Å². The van der Waals surface area contributed by atoms with Gasteiger partial charge in [0.25, 0.3) is 0 Å². The van der Waals surface area contributed by atoms with Gasteiger partial charge in [-0.25, -0.2) is 0 Å². The van der Waals surface area contributed by atoms with Gasteiger partial charge in [-0.15, -0.1) is 0 Å². The summed E-state index contributed by atoms with van der Waals surface area (Å²) in [7, 11) is 0. The Labute approximate surface area is 104 Å². The first-order chi connectivity index (χ1) is 7.39. The number of para-hydroxylation sites is 1. The molecule has 0 saturated heterocycles. The zero-order valence-corrected chi connectivity index (χ0v) is 11.3. The van der Waals surface area contributed by atoms with Crippen molar-refractivity contribution in [3.63, 3.8) is 0 Å².